The van der Waals surface area contributed by atoms with Gasteiger partial charge in [0.2, 0.25) is 5.91 Å². The second-order valence-electron chi connectivity index (χ2n) is 10.7. The Kier molecular flexibility index (Phi) is 6.88. The molecule has 1 aromatic carbocycles. The molecule has 2 amide bonds. The Labute approximate surface area is 215 Å². The van der Waals surface area contributed by atoms with E-state index in [2.05, 4.69) is 32.5 Å². The summed E-state index contributed by atoms with van der Waals surface area (Å²) in [4.78, 5) is 37.0. The van der Waals surface area contributed by atoms with Gasteiger partial charge in [0.15, 0.2) is 0 Å². The van der Waals surface area contributed by atoms with Gasteiger partial charge < -0.3 is 20.4 Å². The normalized spacial score (nSPS) is 21.6. The molecule has 5 rings (SSSR count). The number of fused-ring (bicyclic) bond motifs is 1. The summed E-state index contributed by atoms with van der Waals surface area (Å²) >= 11 is 0. The molecule has 2 fully saturated rings. The lowest BCUT2D eigenvalue weighted by Crippen LogP contribution is -2.47. The Balaban J connectivity index is 1.44. The molecule has 37 heavy (non-hydrogen) atoms. The van der Waals surface area contributed by atoms with E-state index in [1.54, 1.807) is 19.1 Å². The fourth-order valence-corrected chi connectivity index (χ4v) is 5.35. The molecule has 2 heterocycles. The van der Waals surface area contributed by atoms with Gasteiger partial charge in [-0.3, -0.25) is 9.59 Å². The van der Waals surface area contributed by atoms with Crippen LogP contribution in [-0.4, -0.2) is 45.5 Å². The molecule has 196 valence electrons. The number of nitrogens with one attached hydrogen (secondary N) is 3. The fraction of sp³-hybridized carbons (Fsp3) is 0.500. The second-order valence-corrected chi connectivity index (χ2v) is 10.7. The monoisotopic (exact) mass is 507 g/mol. The number of H-pyrrole nitrogens is 1. The summed E-state index contributed by atoms with van der Waals surface area (Å²) in [7, 11) is 0. The van der Waals surface area contributed by atoms with Crippen molar-refractivity contribution >= 4 is 22.8 Å². The van der Waals surface area contributed by atoms with Gasteiger partial charge in [0, 0.05) is 24.7 Å². The molecular weight excluding hydrogens is 473 g/mol. The molecule has 8 nitrogen and oxygen atoms in total. The van der Waals surface area contributed by atoms with Crippen LogP contribution >= 0.6 is 0 Å². The maximum Gasteiger partial charge on any atom is 0.255 e. The highest BCUT2D eigenvalue weighted by atomic mass is 19.1. The van der Waals surface area contributed by atoms with E-state index in [0.29, 0.717) is 51.8 Å². The number of benzene rings is 1. The van der Waals surface area contributed by atoms with Crippen LogP contribution in [0, 0.1) is 31.5 Å². The molecule has 0 radical (unpaired) electrons. The fourth-order valence-electron chi connectivity index (χ4n) is 5.35. The molecule has 3 N–H and O–H groups in total. The summed E-state index contributed by atoms with van der Waals surface area (Å²) in [6, 6.07) is 3.61. The first-order valence-corrected chi connectivity index (χ1v) is 13.1. The zero-order valence-electron chi connectivity index (χ0n) is 21.8. The van der Waals surface area contributed by atoms with Crippen molar-refractivity contribution in [1.29, 1.82) is 0 Å². The Hall–Kier alpha value is -3.49. The van der Waals surface area contributed by atoms with Crippen molar-refractivity contribution < 1.29 is 18.7 Å². The minimum Gasteiger partial charge on any atom is -0.492 e. The second kappa shape index (κ2) is 10.1. The maximum atomic E-state index is 15.5. The van der Waals surface area contributed by atoms with E-state index in [0.717, 1.165) is 32.1 Å². The summed E-state index contributed by atoms with van der Waals surface area (Å²) in [6.07, 6.45) is 6.02. The van der Waals surface area contributed by atoms with Crippen molar-refractivity contribution in [3.63, 3.8) is 0 Å². The Morgan fingerprint density at radius 2 is 1.92 bits per heavy atom. The van der Waals surface area contributed by atoms with E-state index in [1.807, 2.05) is 6.92 Å². The number of aryl methyl sites for hydroxylation is 2. The Morgan fingerprint density at radius 3 is 2.62 bits per heavy atom. The van der Waals surface area contributed by atoms with Crippen LogP contribution in [0.25, 0.3) is 22.3 Å². The largest absolute Gasteiger partial charge is 0.492 e. The van der Waals surface area contributed by atoms with Gasteiger partial charge in [0.25, 0.3) is 5.91 Å². The molecule has 2 saturated carbocycles. The van der Waals surface area contributed by atoms with Crippen LogP contribution in [0.4, 0.5) is 4.39 Å². The molecule has 2 aliphatic rings. The van der Waals surface area contributed by atoms with Crippen molar-refractivity contribution in [2.75, 3.05) is 6.61 Å². The predicted molar refractivity (Wildman–Crippen MR) is 139 cm³/mol. The lowest BCUT2D eigenvalue weighted by atomic mass is 9.82. The number of ether oxygens (including phenoxy) is 1. The number of hydrogen-bond donors (Lipinski definition) is 3. The number of carbonyl (C=O) groups is 2. The summed E-state index contributed by atoms with van der Waals surface area (Å²) in [5.41, 5.74) is 3.19. The summed E-state index contributed by atoms with van der Waals surface area (Å²) in [6.45, 7) is 7.69. The van der Waals surface area contributed by atoms with Crippen LogP contribution < -0.4 is 15.4 Å². The van der Waals surface area contributed by atoms with Crippen LogP contribution in [0.3, 0.4) is 0 Å². The highest BCUT2D eigenvalue weighted by Crippen LogP contribution is 2.39. The van der Waals surface area contributed by atoms with E-state index in [4.69, 9.17) is 4.74 Å². The SMILES string of the molecule is CC(=O)NC1CCC(NC(=O)c2c(C)[nH]c3c(-c4c(OCC5CC5)ccc(C)c4F)ncnc23)C(C)C1. The first-order chi connectivity index (χ1) is 17.7. The number of aromatic nitrogens is 3. The van der Waals surface area contributed by atoms with Crippen molar-refractivity contribution in [3.8, 4) is 17.0 Å². The molecule has 0 bridgehead atoms. The maximum absolute atomic E-state index is 15.5. The highest BCUT2D eigenvalue weighted by Gasteiger charge is 2.31. The topological polar surface area (TPSA) is 109 Å². The molecule has 0 saturated heterocycles. The van der Waals surface area contributed by atoms with Crippen molar-refractivity contribution in [2.45, 2.75) is 71.9 Å². The van der Waals surface area contributed by atoms with Gasteiger partial charge in [0.05, 0.1) is 23.3 Å². The molecule has 3 unspecified atom stereocenters. The Bertz CT molecular complexity index is 1350. The zero-order chi connectivity index (χ0) is 26.3. The van der Waals surface area contributed by atoms with E-state index in [9.17, 15) is 9.59 Å². The number of amides is 2. The molecule has 0 aliphatic heterocycles. The van der Waals surface area contributed by atoms with Gasteiger partial charge in [-0.05, 0) is 69.4 Å². The lowest BCUT2D eigenvalue weighted by molar-refractivity contribution is -0.120. The van der Waals surface area contributed by atoms with Crippen LogP contribution in [0.15, 0.2) is 18.5 Å². The zero-order valence-corrected chi connectivity index (χ0v) is 21.8. The van der Waals surface area contributed by atoms with Gasteiger partial charge in [-0.2, -0.15) is 0 Å². The number of nitrogens with zero attached hydrogens (tertiary/aromatic N) is 2. The van der Waals surface area contributed by atoms with Gasteiger partial charge in [-0.1, -0.05) is 13.0 Å². The van der Waals surface area contributed by atoms with Gasteiger partial charge in [0.1, 0.15) is 29.1 Å². The summed E-state index contributed by atoms with van der Waals surface area (Å²) < 4.78 is 21.5. The standard InChI is InChI=1S/C28H34FN5O3/c1-14-5-10-21(37-12-18-6-7-18)23(24(14)29)26-27-25(30-13-31-26)22(16(3)32-27)28(36)34-20-9-8-19(11-15(20)2)33-17(4)35/h5,10,13,15,18-20,32H,6-9,11-12H2,1-4H3,(H,33,35)(H,34,36). The molecule has 9 heteroatoms. The smallest absolute Gasteiger partial charge is 0.255 e. The third-order valence-electron chi connectivity index (χ3n) is 7.60. The lowest BCUT2D eigenvalue weighted by Gasteiger charge is -2.34. The first-order valence-electron chi connectivity index (χ1n) is 13.1. The molecular formula is C28H34FN5O3. The minimum absolute atomic E-state index is 0.0141. The van der Waals surface area contributed by atoms with E-state index >= 15 is 4.39 Å². The number of carbonyl (C=O) groups excluding carboxylic acids is 2. The minimum atomic E-state index is -0.392. The third-order valence-corrected chi connectivity index (χ3v) is 7.60. The number of halogens is 1. The van der Waals surface area contributed by atoms with Gasteiger partial charge in [-0.25, -0.2) is 14.4 Å². The van der Waals surface area contributed by atoms with Crippen molar-refractivity contribution in [3.05, 3.63) is 41.1 Å². The van der Waals surface area contributed by atoms with Crippen molar-refractivity contribution in [1.82, 2.24) is 25.6 Å². The Morgan fingerprint density at radius 1 is 1.14 bits per heavy atom. The average molecular weight is 508 g/mol. The van der Waals surface area contributed by atoms with E-state index in [-0.39, 0.29) is 35.4 Å². The quantitative estimate of drug-likeness (QED) is 0.433. The molecule has 0 spiro atoms. The van der Waals surface area contributed by atoms with Crippen LogP contribution in [-0.2, 0) is 4.79 Å². The highest BCUT2D eigenvalue weighted by molar-refractivity contribution is 6.09. The van der Waals surface area contributed by atoms with Crippen LogP contribution in [0.5, 0.6) is 5.75 Å². The van der Waals surface area contributed by atoms with E-state index in [1.165, 1.54) is 13.3 Å². The third kappa shape index (κ3) is 5.17. The number of rotatable bonds is 7. The predicted octanol–water partition coefficient (Wildman–Crippen LogP) is 4.59. The molecule has 2 aliphatic carbocycles. The van der Waals surface area contributed by atoms with Crippen LogP contribution in [0.2, 0.25) is 0 Å². The molecule has 2 aromatic heterocycles. The van der Waals surface area contributed by atoms with Crippen LogP contribution in [0.1, 0.15) is 67.6 Å². The van der Waals surface area contributed by atoms with Gasteiger partial charge >= 0.3 is 0 Å². The number of hydrogen-bond acceptors (Lipinski definition) is 5. The average Bonchev–Trinajstić information content (AvgIpc) is 3.61. The summed E-state index contributed by atoms with van der Waals surface area (Å²) in [5, 5.41) is 6.16. The van der Waals surface area contributed by atoms with Gasteiger partial charge in [-0.15, -0.1) is 0 Å². The molecule has 3 aromatic rings. The number of aromatic amines is 1. The first kappa shape index (κ1) is 25.2. The van der Waals surface area contributed by atoms with Crippen molar-refractivity contribution in [2.24, 2.45) is 11.8 Å². The molecule has 3 atom stereocenters. The summed E-state index contributed by atoms with van der Waals surface area (Å²) in [5.74, 6) is 0.516. The van der Waals surface area contributed by atoms with E-state index < -0.39 is 5.82 Å².